The third kappa shape index (κ3) is 4.72. The number of halogens is 2. The first-order valence-electron chi connectivity index (χ1n) is 10.6. The molecule has 10 heteroatoms. The maximum absolute atomic E-state index is 10.9. The molecule has 0 amide bonds. The van der Waals surface area contributed by atoms with E-state index in [2.05, 4.69) is 9.97 Å². The molecular formula is C26H16Cl2N4O4. The summed E-state index contributed by atoms with van der Waals surface area (Å²) in [6, 6.07) is 24.5. The molecule has 178 valence electrons. The third-order valence-corrected chi connectivity index (χ3v) is 5.65. The lowest BCUT2D eigenvalue weighted by Crippen LogP contribution is -1.87. The largest absolute Gasteiger partial charge is 0.434 e. The molecule has 0 bridgehead atoms. The lowest BCUT2D eigenvalue weighted by atomic mass is 10.2. The van der Waals surface area contributed by atoms with Crippen molar-refractivity contribution in [2.75, 3.05) is 5.73 Å². The van der Waals surface area contributed by atoms with Crippen molar-refractivity contribution in [3.05, 3.63) is 105 Å². The third-order valence-electron chi connectivity index (χ3n) is 5.18. The minimum atomic E-state index is -0.491. The molecule has 0 unspecified atom stereocenters. The SMILES string of the molecule is Nc1cccc2nc(-c3cccc(Cl)c3)oc12.O=[N+]([O-])c1cccc2nc(-c3cccc(Cl)c3)oc12. The van der Waals surface area contributed by atoms with Gasteiger partial charge in [-0.3, -0.25) is 10.1 Å². The average molecular weight is 519 g/mol. The summed E-state index contributed by atoms with van der Waals surface area (Å²) >= 11 is 11.8. The highest BCUT2D eigenvalue weighted by molar-refractivity contribution is 6.31. The summed E-state index contributed by atoms with van der Waals surface area (Å²) in [4.78, 5) is 19.0. The molecule has 0 aliphatic heterocycles. The lowest BCUT2D eigenvalue weighted by Gasteiger charge is -1.95. The number of hydrogen-bond donors (Lipinski definition) is 1. The number of hydrogen-bond acceptors (Lipinski definition) is 7. The van der Waals surface area contributed by atoms with Gasteiger partial charge in [-0.2, -0.15) is 0 Å². The second-order valence-electron chi connectivity index (χ2n) is 7.64. The van der Waals surface area contributed by atoms with E-state index in [1.54, 1.807) is 42.5 Å². The van der Waals surface area contributed by atoms with Crippen LogP contribution < -0.4 is 5.73 Å². The molecule has 8 nitrogen and oxygen atoms in total. The molecule has 6 aromatic rings. The number of nitrogens with zero attached hydrogens (tertiary/aromatic N) is 3. The van der Waals surface area contributed by atoms with E-state index in [9.17, 15) is 10.1 Å². The molecule has 0 saturated carbocycles. The minimum absolute atomic E-state index is 0.0988. The van der Waals surface area contributed by atoms with Crippen LogP contribution in [0.5, 0.6) is 0 Å². The summed E-state index contributed by atoms with van der Waals surface area (Å²) in [5.74, 6) is 0.840. The van der Waals surface area contributed by atoms with E-state index in [1.165, 1.54) is 6.07 Å². The highest BCUT2D eigenvalue weighted by Crippen LogP contribution is 2.31. The van der Waals surface area contributed by atoms with E-state index in [-0.39, 0.29) is 11.3 Å². The van der Waals surface area contributed by atoms with Gasteiger partial charge in [0.15, 0.2) is 5.58 Å². The summed E-state index contributed by atoms with van der Waals surface area (Å²) < 4.78 is 11.1. The molecule has 2 N–H and O–H groups in total. The quantitative estimate of drug-likeness (QED) is 0.144. The van der Waals surface area contributed by atoms with Crippen LogP contribution in [-0.2, 0) is 0 Å². The van der Waals surface area contributed by atoms with Crippen molar-refractivity contribution >= 4 is 56.8 Å². The number of non-ortho nitro benzene ring substituents is 1. The van der Waals surface area contributed by atoms with Crippen LogP contribution in [0.15, 0.2) is 93.8 Å². The lowest BCUT2D eigenvalue weighted by molar-refractivity contribution is -0.383. The Morgan fingerprint density at radius 1 is 0.722 bits per heavy atom. The van der Waals surface area contributed by atoms with Crippen molar-refractivity contribution in [1.29, 1.82) is 0 Å². The predicted octanol–water partition coefficient (Wildman–Crippen LogP) is 7.79. The van der Waals surface area contributed by atoms with Crippen LogP contribution in [0, 0.1) is 10.1 Å². The number of rotatable bonds is 3. The molecule has 0 aliphatic carbocycles. The molecule has 36 heavy (non-hydrogen) atoms. The highest BCUT2D eigenvalue weighted by Gasteiger charge is 2.18. The van der Waals surface area contributed by atoms with E-state index < -0.39 is 4.92 Å². The fourth-order valence-electron chi connectivity index (χ4n) is 3.54. The van der Waals surface area contributed by atoms with Crippen LogP contribution in [0.1, 0.15) is 0 Å². The number of benzene rings is 4. The van der Waals surface area contributed by atoms with Gasteiger partial charge in [0.05, 0.1) is 10.6 Å². The average Bonchev–Trinajstić information content (AvgIpc) is 3.50. The minimum Gasteiger partial charge on any atom is -0.434 e. The Morgan fingerprint density at radius 2 is 1.22 bits per heavy atom. The molecule has 4 aromatic carbocycles. The number of nitrogens with two attached hydrogens (primary N) is 1. The van der Waals surface area contributed by atoms with Crippen molar-refractivity contribution in [3.63, 3.8) is 0 Å². The van der Waals surface area contributed by atoms with Crippen LogP contribution >= 0.6 is 23.2 Å². The fraction of sp³-hybridized carbons (Fsp3) is 0. The zero-order valence-electron chi connectivity index (χ0n) is 18.4. The Kier molecular flexibility index (Phi) is 6.28. The normalized spacial score (nSPS) is 10.8. The van der Waals surface area contributed by atoms with E-state index in [1.807, 2.05) is 36.4 Å². The Morgan fingerprint density at radius 3 is 1.75 bits per heavy atom. The monoisotopic (exact) mass is 518 g/mol. The Bertz CT molecular complexity index is 1730. The molecular weight excluding hydrogens is 503 g/mol. The fourth-order valence-corrected chi connectivity index (χ4v) is 3.92. The molecule has 6 rings (SSSR count). The molecule has 2 heterocycles. The van der Waals surface area contributed by atoms with E-state index in [0.29, 0.717) is 44.2 Å². The van der Waals surface area contributed by atoms with Crippen LogP contribution in [-0.4, -0.2) is 14.9 Å². The summed E-state index contributed by atoms with van der Waals surface area (Å²) in [5.41, 5.74) is 9.81. The standard InChI is InChI=1S/C13H7ClN2O3.C13H9ClN2O/c14-9-4-1-3-8(7-9)13-15-10-5-2-6-11(16(17)18)12(10)19-13;14-9-4-1-3-8(7-9)13-16-11-6-2-5-10(15)12(11)17-13/h1-7H;1-7H,15H2. The van der Waals surface area contributed by atoms with Gasteiger partial charge in [0.1, 0.15) is 11.0 Å². The number of nitrogen functional groups attached to an aromatic ring is 1. The molecule has 0 spiro atoms. The number of anilines is 1. The predicted molar refractivity (Wildman–Crippen MR) is 140 cm³/mol. The van der Waals surface area contributed by atoms with Gasteiger partial charge in [0.25, 0.3) is 0 Å². The van der Waals surface area contributed by atoms with Crippen molar-refractivity contribution in [3.8, 4) is 22.9 Å². The van der Waals surface area contributed by atoms with Crippen LogP contribution in [0.2, 0.25) is 10.0 Å². The number of nitro groups is 1. The Labute approximate surface area is 214 Å². The summed E-state index contributed by atoms with van der Waals surface area (Å²) in [5, 5.41) is 12.1. The number of aromatic nitrogens is 2. The zero-order valence-corrected chi connectivity index (χ0v) is 19.9. The van der Waals surface area contributed by atoms with Gasteiger partial charge in [0.2, 0.25) is 17.4 Å². The van der Waals surface area contributed by atoms with Gasteiger partial charge in [-0.25, -0.2) is 9.97 Å². The second kappa shape index (κ2) is 9.69. The maximum Gasteiger partial charge on any atom is 0.313 e. The summed E-state index contributed by atoms with van der Waals surface area (Å²) in [7, 11) is 0. The Balaban J connectivity index is 0.000000149. The number of para-hydroxylation sites is 2. The molecule has 0 radical (unpaired) electrons. The topological polar surface area (TPSA) is 121 Å². The van der Waals surface area contributed by atoms with Crippen LogP contribution in [0.3, 0.4) is 0 Å². The first-order valence-corrected chi connectivity index (χ1v) is 11.4. The first kappa shape index (κ1) is 23.3. The molecule has 0 atom stereocenters. The van der Waals surface area contributed by atoms with Gasteiger partial charge >= 0.3 is 5.69 Å². The number of nitro benzene ring substituents is 1. The Hall–Kier alpha value is -4.40. The van der Waals surface area contributed by atoms with Crippen LogP contribution in [0.4, 0.5) is 11.4 Å². The van der Waals surface area contributed by atoms with Crippen molar-refractivity contribution in [2.45, 2.75) is 0 Å². The van der Waals surface area contributed by atoms with Crippen molar-refractivity contribution in [1.82, 2.24) is 9.97 Å². The van der Waals surface area contributed by atoms with Crippen LogP contribution in [0.25, 0.3) is 45.1 Å². The smallest absolute Gasteiger partial charge is 0.313 e. The molecule has 2 aromatic heterocycles. The number of oxazole rings is 2. The maximum atomic E-state index is 10.9. The first-order chi connectivity index (χ1) is 17.4. The van der Waals surface area contributed by atoms with Gasteiger partial charge in [-0.1, -0.05) is 47.5 Å². The van der Waals surface area contributed by atoms with Crippen molar-refractivity contribution in [2.24, 2.45) is 0 Å². The van der Waals surface area contributed by atoms with Crippen molar-refractivity contribution < 1.29 is 13.8 Å². The van der Waals surface area contributed by atoms with E-state index in [4.69, 9.17) is 37.8 Å². The van der Waals surface area contributed by atoms with Gasteiger partial charge in [0, 0.05) is 27.2 Å². The second-order valence-corrected chi connectivity index (χ2v) is 8.51. The van der Waals surface area contributed by atoms with Gasteiger partial charge in [-0.15, -0.1) is 0 Å². The highest BCUT2D eigenvalue weighted by atomic mass is 35.5. The van der Waals surface area contributed by atoms with E-state index >= 15 is 0 Å². The van der Waals surface area contributed by atoms with E-state index in [0.717, 1.165) is 11.1 Å². The van der Waals surface area contributed by atoms with Gasteiger partial charge < -0.3 is 14.6 Å². The molecule has 0 saturated heterocycles. The summed E-state index contributed by atoms with van der Waals surface area (Å²) in [6.45, 7) is 0. The molecule has 0 aliphatic rings. The number of fused-ring (bicyclic) bond motifs is 2. The molecule has 0 fully saturated rings. The zero-order chi connectivity index (χ0) is 25.2. The summed E-state index contributed by atoms with van der Waals surface area (Å²) in [6.07, 6.45) is 0. The van der Waals surface area contributed by atoms with Gasteiger partial charge in [-0.05, 0) is 54.6 Å².